The predicted octanol–water partition coefficient (Wildman–Crippen LogP) is 4.78. The lowest BCUT2D eigenvalue weighted by molar-refractivity contribution is -0.134. The molecular weight excluding hydrogens is 268 g/mol. The molecule has 0 unspecified atom stereocenters. The van der Waals surface area contributed by atoms with Crippen LogP contribution >= 0.6 is 0 Å². The summed E-state index contributed by atoms with van der Waals surface area (Å²) in [5.74, 6) is 6.14. The third-order valence-corrected chi connectivity index (χ3v) is 8.97. The van der Waals surface area contributed by atoms with E-state index in [4.69, 9.17) is 6.42 Å². The Hall–Kier alpha value is -0.480. The molecule has 0 spiro atoms. The fourth-order valence-corrected chi connectivity index (χ4v) is 7.55. The predicted molar refractivity (Wildman–Crippen MR) is 90.1 cm³/mol. The second kappa shape index (κ2) is 4.76. The minimum atomic E-state index is -0.840. The van der Waals surface area contributed by atoms with E-state index in [0.29, 0.717) is 11.3 Å². The zero-order valence-electron chi connectivity index (χ0n) is 14.4. The van der Waals surface area contributed by atoms with Crippen LogP contribution in [-0.2, 0) is 0 Å². The van der Waals surface area contributed by atoms with Crippen LogP contribution in [0.1, 0.15) is 78.1 Å². The van der Waals surface area contributed by atoms with Gasteiger partial charge in [0.1, 0.15) is 5.60 Å². The summed E-state index contributed by atoms with van der Waals surface area (Å²) in [7, 11) is 0. The molecule has 0 radical (unpaired) electrons. The molecule has 7 atom stereocenters. The monoisotopic (exact) mass is 300 g/mol. The van der Waals surface area contributed by atoms with Crippen LogP contribution in [0.2, 0.25) is 0 Å². The molecule has 4 fully saturated rings. The Balaban J connectivity index is 1.67. The van der Waals surface area contributed by atoms with Gasteiger partial charge in [-0.3, -0.25) is 0 Å². The minimum absolute atomic E-state index is 0.0270. The number of hydrogen-bond acceptors (Lipinski definition) is 1. The number of terminal acetylenes is 1. The normalized spacial score (nSPS) is 57.4. The maximum Gasteiger partial charge on any atom is 0.130 e. The van der Waals surface area contributed by atoms with Crippen LogP contribution in [0, 0.1) is 46.8 Å². The van der Waals surface area contributed by atoms with Crippen LogP contribution in [0.4, 0.5) is 0 Å². The van der Waals surface area contributed by atoms with Crippen LogP contribution in [0.5, 0.6) is 0 Å². The standard InChI is InChI=1S/C21H32O/c1-4-21(22)14-11-18-16-9-8-15-7-5-6-12-19(15,2)17(16)10-13-20(18,21)3/h1,15-18,22H,5-14H2,2-3H3/t15-,16+,17-,18+,19+,20+,21+/m0/s1. The Morgan fingerprint density at radius 2 is 1.68 bits per heavy atom. The molecule has 0 aromatic carbocycles. The Bertz CT molecular complexity index is 505. The lowest BCUT2D eigenvalue weighted by atomic mass is 9.44. The van der Waals surface area contributed by atoms with Gasteiger partial charge < -0.3 is 5.11 Å². The van der Waals surface area contributed by atoms with Crippen molar-refractivity contribution in [3.8, 4) is 12.3 Å². The molecule has 4 aliphatic carbocycles. The van der Waals surface area contributed by atoms with Crippen LogP contribution in [0.15, 0.2) is 0 Å². The third-order valence-electron chi connectivity index (χ3n) is 8.97. The van der Waals surface area contributed by atoms with E-state index in [1.807, 2.05) is 0 Å². The van der Waals surface area contributed by atoms with Crippen LogP contribution in [0.3, 0.4) is 0 Å². The van der Waals surface area contributed by atoms with E-state index in [1.165, 1.54) is 44.9 Å². The summed E-state index contributed by atoms with van der Waals surface area (Å²) >= 11 is 0. The summed E-state index contributed by atoms with van der Waals surface area (Å²) in [4.78, 5) is 0. The summed E-state index contributed by atoms with van der Waals surface area (Å²) < 4.78 is 0. The van der Waals surface area contributed by atoms with E-state index >= 15 is 0 Å². The first-order valence-electron chi connectivity index (χ1n) is 9.65. The summed E-state index contributed by atoms with van der Waals surface area (Å²) in [6, 6.07) is 0. The largest absolute Gasteiger partial charge is 0.377 e. The van der Waals surface area contributed by atoms with Gasteiger partial charge in [0.25, 0.3) is 0 Å². The number of rotatable bonds is 0. The summed E-state index contributed by atoms with van der Waals surface area (Å²) in [6.45, 7) is 4.91. The lowest BCUT2D eigenvalue weighted by Gasteiger charge is -2.60. The highest BCUT2D eigenvalue weighted by molar-refractivity contribution is 5.23. The zero-order chi connectivity index (χ0) is 15.6. The maximum absolute atomic E-state index is 11.0. The molecule has 0 aromatic rings. The molecule has 0 aromatic heterocycles. The van der Waals surface area contributed by atoms with Crippen molar-refractivity contribution in [2.24, 2.45) is 34.5 Å². The Morgan fingerprint density at radius 3 is 2.45 bits per heavy atom. The quantitative estimate of drug-likeness (QED) is 0.638. The molecule has 0 heterocycles. The Morgan fingerprint density at radius 1 is 0.909 bits per heavy atom. The molecule has 0 aliphatic heterocycles. The first kappa shape index (κ1) is 15.1. The highest BCUT2D eigenvalue weighted by Crippen LogP contribution is 2.68. The second-order valence-electron chi connectivity index (χ2n) is 9.40. The van der Waals surface area contributed by atoms with Crippen LogP contribution < -0.4 is 0 Å². The van der Waals surface area contributed by atoms with Gasteiger partial charge in [-0.15, -0.1) is 6.42 Å². The first-order valence-corrected chi connectivity index (χ1v) is 9.65. The van der Waals surface area contributed by atoms with Crippen LogP contribution in [0.25, 0.3) is 0 Å². The van der Waals surface area contributed by atoms with Gasteiger partial charge >= 0.3 is 0 Å². The van der Waals surface area contributed by atoms with E-state index < -0.39 is 5.60 Å². The van der Waals surface area contributed by atoms with Crippen molar-refractivity contribution in [1.82, 2.24) is 0 Å². The summed E-state index contributed by atoms with van der Waals surface area (Å²) in [5, 5.41) is 11.0. The van der Waals surface area contributed by atoms with Gasteiger partial charge in [-0.25, -0.2) is 0 Å². The van der Waals surface area contributed by atoms with Gasteiger partial charge in [-0.1, -0.05) is 32.6 Å². The van der Waals surface area contributed by atoms with Crippen molar-refractivity contribution in [2.45, 2.75) is 83.7 Å². The van der Waals surface area contributed by atoms with Crippen LogP contribution in [-0.4, -0.2) is 10.7 Å². The van der Waals surface area contributed by atoms with E-state index in [2.05, 4.69) is 19.8 Å². The van der Waals surface area contributed by atoms with Gasteiger partial charge in [-0.05, 0) is 80.5 Å². The fraction of sp³-hybridized carbons (Fsp3) is 0.905. The molecule has 4 aliphatic rings. The molecule has 1 N–H and O–H groups in total. The third kappa shape index (κ3) is 1.71. The Kier molecular flexibility index (Phi) is 3.26. The first-order chi connectivity index (χ1) is 10.4. The highest BCUT2D eigenvalue weighted by Gasteiger charge is 2.63. The van der Waals surface area contributed by atoms with Gasteiger partial charge in [0, 0.05) is 5.41 Å². The lowest BCUT2D eigenvalue weighted by Crippen LogP contribution is -2.55. The van der Waals surface area contributed by atoms with E-state index in [0.717, 1.165) is 37.0 Å². The molecule has 4 rings (SSSR count). The molecule has 122 valence electrons. The van der Waals surface area contributed by atoms with Gasteiger partial charge in [0.15, 0.2) is 0 Å². The van der Waals surface area contributed by atoms with E-state index in [1.54, 1.807) is 0 Å². The topological polar surface area (TPSA) is 20.2 Å². The summed E-state index contributed by atoms with van der Waals surface area (Å²) in [5.41, 5.74) is -0.285. The molecular formula is C21H32O. The van der Waals surface area contributed by atoms with Gasteiger partial charge in [-0.2, -0.15) is 0 Å². The Labute approximate surface area is 136 Å². The smallest absolute Gasteiger partial charge is 0.130 e. The second-order valence-corrected chi connectivity index (χ2v) is 9.40. The van der Waals surface area contributed by atoms with Crippen molar-refractivity contribution < 1.29 is 5.11 Å². The van der Waals surface area contributed by atoms with Crippen molar-refractivity contribution in [3.63, 3.8) is 0 Å². The molecule has 0 amide bonds. The van der Waals surface area contributed by atoms with E-state index in [-0.39, 0.29) is 5.41 Å². The number of aliphatic hydroxyl groups is 1. The molecule has 0 saturated heterocycles. The molecule has 1 nitrogen and oxygen atoms in total. The average Bonchev–Trinajstić information content (AvgIpc) is 2.79. The number of fused-ring (bicyclic) bond motifs is 5. The van der Waals surface area contributed by atoms with Crippen molar-refractivity contribution >= 4 is 0 Å². The molecule has 4 saturated carbocycles. The highest BCUT2D eigenvalue weighted by atomic mass is 16.3. The fourth-order valence-electron chi connectivity index (χ4n) is 7.55. The van der Waals surface area contributed by atoms with E-state index in [9.17, 15) is 5.11 Å². The maximum atomic E-state index is 11.0. The molecule has 1 heteroatoms. The SMILES string of the molecule is C#C[C@@]1(O)CC[C@@H]2[C@@H]3CC[C@@H]4CCCC[C@@]4(C)[C@H]3CC[C@]21C. The molecule has 22 heavy (non-hydrogen) atoms. The van der Waals surface area contributed by atoms with Gasteiger partial charge in [0.2, 0.25) is 0 Å². The average molecular weight is 300 g/mol. The van der Waals surface area contributed by atoms with Gasteiger partial charge in [0.05, 0.1) is 0 Å². The van der Waals surface area contributed by atoms with Crippen molar-refractivity contribution in [1.29, 1.82) is 0 Å². The zero-order valence-corrected chi connectivity index (χ0v) is 14.4. The van der Waals surface area contributed by atoms with Crippen molar-refractivity contribution in [2.75, 3.05) is 0 Å². The molecule has 0 bridgehead atoms. The summed E-state index contributed by atoms with van der Waals surface area (Å²) in [6.07, 6.45) is 18.8. The number of hydrogen-bond donors (Lipinski definition) is 1. The minimum Gasteiger partial charge on any atom is -0.377 e. The van der Waals surface area contributed by atoms with Crippen molar-refractivity contribution in [3.05, 3.63) is 0 Å².